The van der Waals surface area contributed by atoms with E-state index in [1.54, 1.807) is 4.90 Å². The van der Waals surface area contributed by atoms with Crippen molar-refractivity contribution < 1.29 is 13.9 Å². The summed E-state index contributed by atoms with van der Waals surface area (Å²) in [4.78, 5) is 13.9. The number of ether oxygens (including phenoxy) is 1. The van der Waals surface area contributed by atoms with Crippen molar-refractivity contribution in [3.63, 3.8) is 0 Å². The van der Waals surface area contributed by atoms with Crippen LogP contribution in [0.15, 0.2) is 16.5 Å². The van der Waals surface area contributed by atoms with E-state index in [1.807, 2.05) is 39.8 Å². The van der Waals surface area contributed by atoms with E-state index in [-0.39, 0.29) is 12.1 Å². The first-order valence-corrected chi connectivity index (χ1v) is 6.43. The lowest BCUT2D eigenvalue weighted by molar-refractivity contribution is 0.0208. The third-order valence-corrected chi connectivity index (χ3v) is 2.97. The molecule has 0 N–H and O–H groups in total. The molecule has 4 nitrogen and oxygen atoms in total. The van der Waals surface area contributed by atoms with Gasteiger partial charge in [-0.15, -0.1) is 0 Å². The fourth-order valence-corrected chi connectivity index (χ4v) is 2.23. The molecular formula is C14H21NO3. The number of furan rings is 1. The predicted octanol–water partition coefficient (Wildman–Crippen LogP) is 3.66. The zero-order valence-electron chi connectivity index (χ0n) is 11.5. The van der Waals surface area contributed by atoms with Crippen LogP contribution in [0.25, 0.3) is 0 Å². The van der Waals surface area contributed by atoms with Crippen LogP contribution < -0.4 is 0 Å². The smallest absolute Gasteiger partial charge is 0.410 e. The molecule has 2 rings (SSSR count). The number of hydrogen-bond donors (Lipinski definition) is 0. The van der Waals surface area contributed by atoms with Crippen molar-refractivity contribution in [2.75, 3.05) is 6.54 Å². The van der Waals surface area contributed by atoms with Crippen LogP contribution in [0.1, 0.15) is 51.2 Å². The fraction of sp³-hybridized carbons (Fsp3) is 0.643. The molecule has 1 aliphatic heterocycles. The maximum absolute atomic E-state index is 12.1. The summed E-state index contributed by atoms with van der Waals surface area (Å²) in [6, 6.07) is 3.90. The summed E-state index contributed by atoms with van der Waals surface area (Å²) >= 11 is 0. The molecule has 1 unspecified atom stereocenters. The van der Waals surface area contributed by atoms with Gasteiger partial charge in [0.1, 0.15) is 17.1 Å². The molecule has 0 aromatic carbocycles. The highest BCUT2D eigenvalue weighted by Gasteiger charge is 2.34. The van der Waals surface area contributed by atoms with Crippen molar-refractivity contribution in [3.05, 3.63) is 23.7 Å². The van der Waals surface area contributed by atoms with E-state index in [4.69, 9.17) is 9.15 Å². The van der Waals surface area contributed by atoms with Crippen LogP contribution in [-0.4, -0.2) is 23.1 Å². The molecule has 1 amide bonds. The van der Waals surface area contributed by atoms with Crippen molar-refractivity contribution >= 4 is 6.09 Å². The second kappa shape index (κ2) is 4.67. The maximum Gasteiger partial charge on any atom is 0.410 e. The van der Waals surface area contributed by atoms with Gasteiger partial charge in [-0.05, 0) is 52.7 Å². The highest BCUT2D eigenvalue weighted by molar-refractivity contribution is 5.69. The largest absolute Gasteiger partial charge is 0.464 e. The Morgan fingerprint density at radius 3 is 2.72 bits per heavy atom. The minimum absolute atomic E-state index is 0.0218. The maximum atomic E-state index is 12.1. The van der Waals surface area contributed by atoms with Crippen LogP contribution >= 0.6 is 0 Å². The first kappa shape index (κ1) is 13.0. The molecule has 1 fully saturated rings. The molecule has 1 saturated heterocycles. The Morgan fingerprint density at radius 2 is 2.17 bits per heavy atom. The molecule has 0 aliphatic carbocycles. The van der Waals surface area contributed by atoms with Crippen molar-refractivity contribution in [2.45, 2.75) is 52.2 Å². The van der Waals surface area contributed by atoms with E-state index >= 15 is 0 Å². The number of carbonyl (C=O) groups is 1. The van der Waals surface area contributed by atoms with Crippen LogP contribution in [0.5, 0.6) is 0 Å². The van der Waals surface area contributed by atoms with Gasteiger partial charge in [0.15, 0.2) is 0 Å². The zero-order chi connectivity index (χ0) is 13.3. The first-order valence-electron chi connectivity index (χ1n) is 6.43. The van der Waals surface area contributed by atoms with Crippen molar-refractivity contribution in [1.29, 1.82) is 0 Å². The Morgan fingerprint density at radius 1 is 1.44 bits per heavy atom. The zero-order valence-corrected chi connectivity index (χ0v) is 11.5. The van der Waals surface area contributed by atoms with Crippen molar-refractivity contribution in [2.24, 2.45) is 0 Å². The lowest BCUT2D eigenvalue weighted by Crippen LogP contribution is -2.36. The summed E-state index contributed by atoms with van der Waals surface area (Å²) in [6.07, 6.45) is 1.68. The summed E-state index contributed by atoms with van der Waals surface area (Å²) in [5.41, 5.74) is -0.455. The van der Waals surface area contributed by atoms with Crippen molar-refractivity contribution in [3.8, 4) is 0 Å². The highest BCUT2D eigenvalue weighted by atomic mass is 16.6. The molecule has 0 spiro atoms. The predicted molar refractivity (Wildman–Crippen MR) is 68.4 cm³/mol. The second-order valence-corrected chi connectivity index (χ2v) is 5.78. The summed E-state index contributed by atoms with van der Waals surface area (Å²) in [5, 5.41) is 0. The lowest BCUT2D eigenvalue weighted by Gasteiger charge is -2.27. The van der Waals surface area contributed by atoms with Gasteiger partial charge in [0.05, 0.1) is 6.04 Å². The molecule has 0 radical (unpaired) electrons. The molecule has 4 heteroatoms. The number of rotatable bonds is 1. The van der Waals surface area contributed by atoms with E-state index < -0.39 is 5.60 Å². The average molecular weight is 251 g/mol. The highest BCUT2D eigenvalue weighted by Crippen LogP contribution is 2.33. The van der Waals surface area contributed by atoms with Gasteiger partial charge in [-0.1, -0.05) is 0 Å². The monoisotopic (exact) mass is 251 g/mol. The number of likely N-dealkylation sites (tertiary alicyclic amines) is 1. The van der Waals surface area contributed by atoms with E-state index in [0.29, 0.717) is 0 Å². The van der Waals surface area contributed by atoms with E-state index in [1.165, 1.54) is 0 Å². The van der Waals surface area contributed by atoms with Crippen LogP contribution in [0.4, 0.5) is 4.79 Å². The van der Waals surface area contributed by atoms with Crippen LogP contribution in [0.3, 0.4) is 0 Å². The molecule has 100 valence electrons. The van der Waals surface area contributed by atoms with E-state index in [0.717, 1.165) is 30.9 Å². The molecule has 2 heterocycles. The molecule has 1 aromatic heterocycles. The summed E-state index contributed by atoms with van der Waals surface area (Å²) in [7, 11) is 0. The Bertz CT molecular complexity index is 430. The molecule has 1 aliphatic rings. The van der Waals surface area contributed by atoms with Gasteiger partial charge in [-0.3, -0.25) is 4.90 Å². The minimum atomic E-state index is -0.455. The Hall–Kier alpha value is -1.45. The minimum Gasteiger partial charge on any atom is -0.464 e. The molecule has 0 bridgehead atoms. The molecule has 1 atom stereocenters. The third-order valence-electron chi connectivity index (χ3n) is 2.97. The van der Waals surface area contributed by atoms with Gasteiger partial charge in [-0.2, -0.15) is 0 Å². The van der Waals surface area contributed by atoms with Gasteiger partial charge in [-0.25, -0.2) is 4.79 Å². The Kier molecular flexibility index (Phi) is 3.37. The number of hydrogen-bond acceptors (Lipinski definition) is 3. The topological polar surface area (TPSA) is 42.7 Å². The number of amides is 1. The summed E-state index contributed by atoms with van der Waals surface area (Å²) in [5.74, 6) is 1.73. The quantitative estimate of drug-likeness (QED) is 0.765. The van der Waals surface area contributed by atoms with Gasteiger partial charge in [0, 0.05) is 6.54 Å². The summed E-state index contributed by atoms with van der Waals surface area (Å²) in [6.45, 7) is 8.29. The van der Waals surface area contributed by atoms with Crippen LogP contribution in [-0.2, 0) is 4.74 Å². The standard InChI is InChI=1S/C14H21NO3/c1-10-7-8-12(17-10)11-6-5-9-15(11)13(16)18-14(2,3)4/h7-8,11H,5-6,9H2,1-4H3. The molecule has 18 heavy (non-hydrogen) atoms. The summed E-state index contributed by atoms with van der Waals surface area (Å²) < 4.78 is 11.1. The average Bonchev–Trinajstić information content (AvgIpc) is 2.81. The third kappa shape index (κ3) is 2.86. The fourth-order valence-electron chi connectivity index (χ4n) is 2.23. The lowest BCUT2D eigenvalue weighted by atomic mass is 10.2. The SMILES string of the molecule is Cc1ccc(C2CCCN2C(=O)OC(C)(C)C)o1. The number of nitrogens with zero attached hydrogens (tertiary/aromatic N) is 1. The number of aryl methyl sites for hydroxylation is 1. The molecular weight excluding hydrogens is 230 g/mol. The normalized spacial score (nSPS) is 20.2. The molecule has 0 saturated carbocycles. The van der Waals surface area contributed by atoms with E-state index in [2.05, 4.69) is 0 Å². The van der Waals surface area contributed by atoms with Gasteiger partial charge >= 0.3 is 6.09 Å². The molecule has 1 aromatic rings. The van der Waals surface area contributed by atoms with E-state index in [9.17, 15) is 4.79 Å². The second-order valence-electron chi connectivity index (χ2n) is 5.78. The van der Waals surface area contributed by atoms with Gasteiger partial charge in [0.2, 0.25) is 0 Å². The van der Waals surface area contributed by atoms with Crippen LogP contribution in [0, 0.1) is 6.92 Å². The first-order chi connectivity index (χ1) is 8.37. The Balaban J connectivity index is 2.10. The van der Waals surface area contributed by atoms with Crippen molar-refractivity contribution in [1.82, 2.24) is 4.90 Å². The van der Waals surface area contributed by atoms with Gasteiger partial charge in [0.25, 0.3) is 0 Å². The van der Waals surface area contributed by atoms with Gasteiger partial charge < -0.3 is 9.15 Å². The Labute approximate surface area is 108 Å². The van der Waals surface area contributed by atoms with Crippen LogP contribution in [0.2, 0.25) is 0 Å². The number of carbonyl (C=O) groups excluding carboxylic acids is 1.